The van der Waals surface area contributed by atoms with Crippen LogP contribution in [0.25, 0.3) is 10.9 Å². The molecule has 0 radical (unpaired) electrons. The van der Waals surface area contributed by atoms with E-state index in [2.05, 4.69) is 45.8 Å². The van der Waals surface area contributed by atoms with Gasteiger partial charge in [0.2, 0.25) is 5.95 Å². The highest BCUT2D eigenvalue weighted by molar-refractivity contribution is 5.93. The molecular formula is C28H38F2N6O. The van der Waals surface area contributed by atoms with E-state index in [0.29, 0.717) is 29.1 Å². The van der Waals surface area contributed by atoms with Crippen molar-refractivity contribution in [1.82, 2.24) is 19.8 Å². The zero-order valence-corrected chi connectivity index (χ0v) is 22.2. The third-order valence-corrected chi connectivity index (χ3v) is 7.71. The van der Waals surface area contributed by atoms with Crippen LogP contribution >= 0.6 is 0 Å². The normalized spacial score (nSPS) is 20.6. The van der Waals surface area contributed by atoms with E-state index in [9.17, 15) is 8.78 Å². The van der Waals surface area contributed by atoms with Crippen molar-refractivity contribution in [2.75, 3.05) is 63.1 Å². The summed E-state index contributed by atoms with van der Waals surface area (Å²) in [7, 11) is 1.64. The number of likely N-dealkylation sites (tertiary alicyclic amines) is 2. The molecule has 9 heteroatoms. The molecule has 0 amide bonds. The molecule has 5 rings (SSSR count). The molecule has 7 nitrogen and oxygen atoms in total. The molecule has 2 aromatic rings. The first-order valence-electron chi connectivity index (χ1n) is 13.6. The molecule has 0 atom stereocenters. The van der Waals surface area contributed by atoms with E-state index in [0.717, 1.165) is 62.9 Å². The molecule has 37 heavy (non-hydrogen) atoms. The van der Waals surface area contributed by atoms with Gasteiger partial charge in [0.1, 0.15) is 11.6 Å². The van der Waals surface area contributed by atoms with E-state index in [1.807, 2.05) is 12.1 Å². The second-order valence-electron chi connectivity index (χ2n) is 10.8. The lowest BCUT2D eigenvalue weighted by Crippen LogP contribution is -2.57. The van der Waals surface area contributed by atoms with Crippen LogP contribution in [-0.2, 0) is 0 Å². The van der Waals surface area contributed by atoms with Gasteiger partial charge in [-0.15, -0.1) is 0 Å². The number of anilines is 2. The third kappa shape index (κ3) is 6.07. The maximum absolute atomic E-state index is 13.7. The van der Waals surface area contributed by atoms with Gasteiger partial charge in [-0.1, -0.05) is 11.8 Å². The highest BCUT2D eigenvalue weighted by Gasteiger charge is 2.45. The summed E-state index contributed by atoms with van der Waals surface area (Å²) >= 11 is 0. The Kier molecular flexibility index (Phi) is 7.68. The average molecular weight is 513 g/mol. The first-order chi connectivity index (χ1) is 17.8. The van der Waals surface area contributed by atoms with Gasteiger partial charge in [-0.2, -0.15) is 4.98 Å². The van der Waals surface area contributed by atoms with E-state index in [4.69, 9.17) is 9.72 Å². The van der Waals surface area contributed by atoms with Crippen LogP contribution in [0.3, 0.4) is 0 Å². The topological polar surface area (TPSA) is 56.8 Å². The molecule has 4 heterocycles. The van der Waals surface area contributed by atoms with Crippen LogP contribution in [0.5, 0.6) is 5.75 Å². The number of alkyl halides is 2. The summed E-state index contributed by atoms with van der Waals surface area (Å²) in [6, 6.07) is 4.63. The predicted molar refractivity (Wildman–Crippen MR) is 144 cm³/mol. The van der Waals surface area contributed by atoms with Gasteiger partial charge < -0.3 is 24.8 Å². The van der Waals surface area contributed by atoms with Gasteiger partial charge in [-0.05, 0) is 64.8 Å². The maximum Gasteiger partial charge on any atom is 0.282 e. The van der Waals surface area contributed by atoms with Gasteiger partial charge in [0, 0.05) is 43.5 Å². The van der Waals surface area contributed by atoms with Gasteiger partial charge in [0.25, 0.3) is 5.92 Å². The Bertz CT molecular complexity index is 1150. The monoisotopic (exact) mass is 512 g/mol. The third-order valence-electron chi connectivity index (χ3n) is 7.71. The Hall–Kier alpha value is -2.70. The molecule has 3 aliphatic heterocycles. The quantitative estimate of drug-likeness (QED) is 0.558. The number of methoxy groups -OCH3 is 1. The van der Waals surface area contributed by atoms with Crippen molar-refractivity contribution in [3.05, 3.63) is 17.7 Å². The Balaban J connectivity index is 1.42. The van der Waals surface area contributed by atoms with Crippen molar-refractivity contribution < 1.29 is 13.5 Å². The van der Waals surface area contributed by atoms with Crippen LogP contribution in [0.15, 0.2) is 12.1 Å². The molecular weight excluding hydrogens is 474 g/mol. The summed E-state index contributed by atoms with van der Waals surface area (Å²) in [6.45, 7) is 9.05. The van der Waals surface area contributed by atoms with Crippen LogP contribution in [0.1, 0.15) is 51.5 Å². The van der Waals surface area contributed by atoms with E-state index >= 15 is 0 Å². The van der Waals surface area contributed by atoms with Crippen LogP contribution < -0.4 is 15.0 Å². The number of nitrogens with zero attached hydrogens (tertiary/aromatic N) is 5. The second-order valence-corrected chi connectivity index (χ2v) is 10.8. The number of rotatable bonds is 7. The summed E-state index contributed by atoms with van der Waals surface area (Å²) in [5.74, 6) is 5.53. The number of halogens is 2. The van der Waals surface area contributed by atoms with Gasteiger partial charge >= 0.3 is 0 Å². The van der Waals surface area contributed by atoms with Gasteiger partial charge in [-0.25, -0.2) is 13.8 Å². The lowest BCUT2D eigenvalue weighted by atomic mass is 10.0. The van der Waals surface area contributed by atoms with E-state index in [-0.39, 0.29) is 19.1 Å². The Morgan fingerprint density at radius 2 is 1.84 bits per heavy atom. The van der Waals surface area contributed by atoms with Crippen molar-refractivity contribution in [3.63, 3.8) is 0 Å². The van der Waals surface area contributed by atoms with Crippen molar-refractivity contribution in [3.8, 4) is 17.6 Å². The largest absolute Gasteiger partial charge is 0.495 e. The van der Waals surface area contributed by atoms with Crippen LogP contribution in [0, 0.1) is 11.8 Å². The first kappa shape index (κ1) is 25.9. The lowest BCUT2D eigenvalue weighted by Gasteiger charge is -2.39. The summed E-state index contributed by atoms with van der Waals surface area (Å²) in [5.41, 5.74) is 1.44. The van der Waals surface area contributed by atoms with Gasteiger partial charge in [0.05, 0.1) is 31.3 Å². The number of aromatic nitrogens is 2. The van der Waals surface area contributed by atoms with Crippen molar-refractivity contribution in [1.29, 1.82) is 0 Å². The van der Waals surface area contributed by atoms with E-state index in [1.54, 1.807) is 7.11 Å². The molecule has 0 bridgehead atoms. The highest BCUT2D eigenvalue weighted by Crippen LogP contribution is 2.35. The number of benzene rings is 1. The second kappa shape index (κ2) is 11.0. The Morgan fingerprint density at radius 1 is 1.11 bits per heavy atom. The molecule has 0 unspecified atom stereocenters. The first-order valence-corrected chi connectivity index (χ1v) is 13.6. The zero-order valence-electron chi connectivity index (χ0n) is 22.2. The Morgan fingerprint density at radius 3 is 2.49 bits per heavy atom. The number of nitrogens with one attached hydrogen (secondary N) is 1. The minimum Gasteiger partial charge on any atom is -0.495 e. The molecule has 0 aliphatic carbocycles. The zero-order chi connectivity index (χ0) is 26.0. The smallest absolute Gasteiger partial charge is 0.282 e. The lowest BCUT2D eigenvalue weighted by molar-refractivity contribution is -0.0271. The van der Waals surface area contributed by atoms with E-state index in [1.165, 1.54) is 17.7 Å². The fraction of sp³-hybridized carbons (Fsp3) is 0.643. The number of ether oxygens (including phenoxy) is 1. The molecule has 3 fully saturated rings. The molecule has 200 valence electrons. The number of hydrogen-bond acceptors (Lipinski definition) is 7. The van der Waals surface area contributed by atoms with Crippen LogP contribution in [-0.4, -0.2) is 90.7 Å². The summed E-state index contributed by atoms with van der Waals surface area (Å²) in [4.78, 5) is 15.9. The van der Waals surface area contributed by atoms with Gasteiger partial charge in [0.15, 0.2) is 0 Å². The number of piperidine rings is 1. The van der Waals surface area contributed by atoms with Crippen molar-refractivity contribution in [2.24, 2.45) is 0 Å². The number of fused-ring (bicyclic) bond motifs is 1. The molecule has 0 spiro atoms. The van der Waals surface area contributed by atoms with Crippen molar-refractivity contribution in [2.45, 2.75) is 64.0 Å². The van der Waals surface area contributed by atoms with Gasteiger partial charge in [-0.3, -0.25) is 0 Å². The minimum atomic E-state index is -2.69. The fourth-order valence-electron chi connectivity index (χ4n) is 5.45. The highest BCUT2D eigenvalue weighted by atomic mass is 19.3. The molecule has 1 aromatic carbocycles. The summed E-state index contributed by atoms with van der Waals surface area (Å²) in [6.07, 6.45) is 5.33. The fourth-order valence-corrected chi connectivity index (χ4v) is 5.45. The van der Waals surface area contributed by atoms with Crippen LogP contribution in [0.2, 0.25) is 0 Å². The molecule has 3 aliphatic rings. The standard InChI is InChI=1S/C28H38F2N6O/c1-20(2)35-14-9-22(10-15-35)31-26-23-17-25(37-3)21(8-4-5-11-34-12-6-7-13-34)16-24(23)32-27(33-26)36-18-28(29,30)19-36/h16-17,20,22H,5-7,9-15,18-19H2,1-3H3,(H,31,32,33). The molecule has 3 saturated heterocycles. The Labute approximate surface area is 218 Å². The van der Waals surface area contributed by atoms with Crippen molar-refractivity contribution >= 4 is 22.7 Å². The SMILES string of the molecule is COc1cc2c(NC3CCN(C(C)C)CC3)nc(N3CC(F)(F)C3)nc2cc1C#CCCN1CCCC1. The van der Waals surface area contributed by atoms with Crippen LogP contribution in [0.4, 0.5) is 20.5 Å². The summed E-state index contributed by atoms with van der Waals surface area (Å²) in [5, 5.41) is 4.43. The predicted octanol–water partition coefficient (Wildman–Crippen LogP) is 4.22. The maximum atomic E-state index is 13.7. The molecule has 1 N–H and O–H groups in total. The molecule has 0 saturated carbocycles. The van der Waals surface area contributed by atoms with E-state index < -0.39 is 5.92 Å². The summed E-state index contributed by atoms with van der Waals surface area (Å²) < 4.78 is 33.0. The molecule has 1 aromatic heterocycles. The average Bonchev–Trinajstić information content (AvgIpc) is 3.38. The minimum absolute atomic E-state index is 0.259. The number of hydrogen-bond donors (Lipinski definition) is 1.